The predicted molar refractivity (Wildman–Crippen MR) is 73.7 cm³/mol. The van der Waals surface area contributed by atoms with Crippen molar-refractivity contribution in [3.05, 3.63) is 11.6 Å². The van der Waals surface area contributed by atoms with E-state index in [0.29, 0.717) is 28.6 Å². The van der Waals surface area contributed by atoms with Crippen LogP contribution < -0.4 is 18.9 Å². The van der Waals surface area contributed by atoms with Gasteiger partial charge in [-0.15, -0.1) is 0 Å². The second kappa shape index (κ2) is 5.28. The molecular weight excluding hydrogens is 294 g/mol. The number of nitrogens with zero attached hydrogens (tertiary/aromatic N) is 1. The molecule has 0 radical (unpaired) electrons. The van der Waals surface area contributed by atoms with E-state index in [1.165, 1.54) is 14.2 Å². The van der Waals surface area contributed by atoms with Gasteiger partial charge in [-0.2, -0.15) is 0 Å². The number of benzene rings is 1. The number of carboxylic acids is 1. The number of carbonyl (C=O) groups is 1. The Morgan fingerprint density at radius 3 is 2.64 bits per heavy atom. The molecule has 2 atom stereocenters. The Morgan fingerprint density at radius 2 is 2.05 bits per heavy atom. The van der Waals surface area contributed by atoms with Crippen LogP contribution in [-0.4, -0.2) is 37.8 Å². The van der Waals surface area contributed by atoms with Gasteiger partial charge in [-0.3, -0.25) is 0 Å². The van der Waals surface area contributed by atoms with Crippen molar-refractivity contribution in [2.24, 2.45) is 11.1 Å². The van der Waals surface area contributed by atoms with E-state index >= 15 is 0 Å². The molecule has 2 aliphatic heterocycles. The number of ether oxygens (including phenoxy) is 4. The maximum atomic E-state index is 11.1. The molecule has 2 aliphatic rings. The van der Waals surface area contributed by atoms with Crippen LogP contribution in [0.2, 0.25) is 0 Å². The minimum atomic E-state index is -1.11. The molecule has 1 N–H and O–H groups in total. The summed E-state index contributed by atoms with van der Waals surface area (Å²) in [6.07, 6.45) is -0.607. The summed E-state index contributed by atoms with van der Waals surface area (Å²) in [5.74, 6) is 0.177. The van der Waals surface area contributed by atoms with Crippen LogP contribution in [0.25, 0.3) is 0 Å². The zero-order valence-corrected chi connectivity index (χ0v) is 12.3. The number of hydrogen-bond donors (Lipinski definition) is 1. The third-order valence-electron chi connectivity index (χ3n) is 3.69. The van der Waals surface area contributed by atoms with Gasteiger partial charge in [0.1, 0.15) is 0 Å². The molecule has 0 saturated heterocycles. The molecule has 2 heterocycles. The Balaban J connectivity index is 2.07. The SMILES string of the molecule is COc1c([C@H]2ON=C(C(=O)O)[C@@H]2C)cc2c(c1OC)OCO2. The van der Waals surface area contributed by atoms with Crippen LogP contribution in [0.1, 0.15) is 18.6 Å². The third kappa shape index (κ3) is 1.99. The summed E-state index contributed by atoms with van der Waals surface area (Å²) in [4.78, 5) is 16.4. The minimum Gasteiger partial charge on any atom is -0.492 e. The Labute approximate surface area is 126 Å². The smallest absolute Gasteiger partial charge is 0.354 e. The summed E-state index contributed by atoms with van der Waals surface area (Å²) >= 11 is 0. The number of rotatable bonds is 4. The maximum absolute atomic E-state index is 11.1. The Hall–Kier alpha value is -2.64. The van der Waals surface area contributed by atoms with E-state index in [0.717, 1.165) is 0 Å². The Bertz CT molecular complexity index is 655. The van der Waals surface area contributed by atoms with E-state index in [2.05, 4.69) is 5.16 Å². The molecule has 0 saturated carbocycles. The van der Waals surface area contributed by atoms with Crippen LogP contribution in [0.3, 0.4) is 0 Å². The van der Waals surface area contributed by atoms with Gasteiger partial charge in [0.05, 0.1) is 20.1 Å². The predicted octanol–water partition coefficient (Wildman–Crippen LogP) is 1.58. The molecule has 0 amide bonds. The number of hydrogen-bond acceptors (Lipinski definition) is 7. The molecule has 3 rings (SSSR count). The van der Waals surface area contributed by atoms with Crippen molar-refractivity contribution in [2.75, 3.05) is 21.0 Å². The number of aliphatic carboxylic acids is 1. The summed E-state index contributed by atoms with van der Waals surface area (Å²) in [6.45, 7) is 1.80. The van der Waals surface area contributed by atoms with Crippen LogP contribution in [0, 0.1) is 5.92 Å². The van der Waals surface area contributed by atoms with Gasteiger partial charge in [0, 0.05) is 5.56 Å². The Kier molecular flexibility index (Phi) is 3.44. The number of methoxy groups -OCH3 is 2. The van der Waals surface area contributed by atoms with Crippen molar-refractivity contribution in [2.45, 2.75) is 13.0 Å². The lowest BCUT2D eigenvalue weighted by Crippen LogP contribution is -2.21. The largest absolute Gasteiger partial charge is 0.492 e. The quantitative estimate of drug-likeness (QED) is 0.902. The average molecular weight is 309 g/mol. The van der Waals surface area contributed by atoms with Crippen molar-refractivity contribution in [3.8, 4) is 23.0 Å². The van der Waals surface area contributed by atoms with Crippen LogP contribution in [0.15, 0.2) is 11.2 Å². The molecule has 8 heteroatoms. The highest BCUT2D eigenvalue weighted by Crippen LogP contribution is 2.52. The number of fused-ring (bicyclic) bond motifs is 1. The normalized spacial score (nSPS) is 22.0. The summed E-state index contributed by atoms with van der Waals surface area (Å²) < 4.78 is 21.5. The Morgan fingerprint density at radius 1 is 1.32 bits per heavy atom. The van der Waals surface area contributed by atoms with Crippen LogP contribution in [0.5, 0.6) is 23.0 Å². The lowest BCUT2D eigenvalue weighted by Gasteiger charge is -2.20. The van der Waals surface area contributed by atoms with Gasteiger partial charge in [0.2, 0.25) is 18.3 Å². The highest BCUT2D eigenvalue weighted by atomic mass is 16.7. The molecule has 22 heavy (non-hydrogen) atoms. The molecule has 8 nitrogen and oxygen atoms in total. The first-order valence-electron chi connectivity index (χ1n) is 6.60. The third-order valence-corrected chi connectivity index (χ3v) is 3.69. The van der Waals surface area contributed by atoms with Gasteiger partial charge in [-0.05, 0) is 6.07 Å². The molecule has 0 bridgehead atoms. The first-order valence-corrected chi connectivity index (χ1v) is 6.60. The highest BCUT2D eigenvalue weighted by Gasteiger charge is 2.40. The topological polar surface area (TPSA) is 95.8 Å². The molecule has 0 aliphatic carbocycles. The first kappa shape index (κ1) is 14.3. The lowest BCUT2D eigenvalue weighted by atomic mass is 9.92. The summed E-state index contributed by atoms with van der Waals surface area (Å²) in [5, 5.41) is 12.8. The van der Waals surface area contributed by atoms with Gasteiger partial charge in [-0.1, -0.05) is 12.1 Å². The fourth-order valence-corrected chi connectivity index (χ4v) is 2.61. The van der Waals surface area contributed by atoms with Crippen molar-refractivity contribution in [1.29, 1.82) is 0 Å². The second-order valence-corrected chi connectivity index (χ2v) is 4.86. The molecule has 0 fully saturated rings. The minimum absolute atomic E-state index is 0.0383. The van der Waals surface area contributed by atoms with Crippen LogP contribution in [0.4, 0.5) is 0 Å². The molecule has 1 aromatic rings. The fraction of sp³-hybridized carbons (Fsp3) is 0.429. The average Bonchev–Trinajstić information content (AvgIpc) is 3.10. The van der Waals surface area contributed by atoms with Crippen LogP contribution >= 0.6 is 0 Å². The van der Waals surface area contributed by atoms with Gasteiger partial charge in [0.25, 0.3) is 0 Å². The molecule has 118 valence electrons. The summed E-state index contributed by atoms with van der Waals surface area (Å²) in [6, 6.07) is 1.70. The number of oxime groups is 1. The first-order chi connectivity index (χ1) is 10.6. The molecule has 0 spiro atoms. The van der Waals surface area contributed by atoms with E-state index in [-0.39, 0.29) is 12.5 Å². The van der Waals surface area contributed by atoms with E-state index < -0.39 is 18.0 Å². The zero-order valence-electron chi connectivity index (χ0n) is 12.3. The fourth-order valence-electron chi connectivity index (χ4n) is 2.61. The molecule has 1 aromatic carbocycles. The summed E-state index contributed by atoms with van der Waals surface area (Å²) in [5.41, 5.74) is 0.555. The van der Waals surface area contributed by atoms with E-state index in [1.807, 2.05) is 0 Å². The zero-order chi connectivity index (χ0) is 15.9. The summed E-state index contributed by atoms with van der Waals surface area (Å²) in [7, 11) is 2.98. The van der Waals surface area contributed by atoms with Gasteiger partial charge in [-0.25, -0.2) is 4.79 Å². The van der Waals surface area contributed by atoms with E-state index in [1.54, 1.807) is 13.0 Å². The van der Waals surface area contributed by atoms with Gasteiger partial charge in [0.15, 0.2) is 23.3 Å². The van der Waals surface area contributed by atoms with Crippen molar-refractivity contribution in [3.63, 3.8) is 0 Å². The lowest BCUT2D eigenvalue weighted by molar-refractivity contribution is -0.129. The van der Waals surface area contributed by atoms with Crippen molar-refractivity contribution >= 4 is 11.7 Å². The van der Waals surface area contributed by atoms with Crippen LogP contribution in [-0.2, 0) is 9.63 Å². The van der Waals surface area contributed by atoms with E-state index in [4.69, 9.17) is 28.9 Å². The molecule has 0 unspecified atom stereocenters. The highest BCUT2D eigenvalue weighted by molar-refractivity contribution is 6.36. The number of carboxylic acid groups (broad SMARTS) is 1. The van der Waals surface area contributed by atoms with Gasteiger partial charge < -0.3 is 28.9 Å². The standard InChI is InChI=1S/C14H15NO7/c1-6-9(14(16)17)15-22-10(6)7-4-8-12(21-5-20-8)13(19-3)11(7)18-2/h4,6,10H,5H2,1-3H3,(H,16,17)/t6-,10-/m0/s1. The second-order valence-electron chi connectivity index (χ2n) is 4.86. The van der Waals surface area contributed by atoms with E-state index in [9.17, 15) is 4.79 Å². The van der Waals surface area contributed by atoms with Crippen molar-refractivity contribution in [1.82, 2.24) is 0 Å². The molecule has 0 aromatic heterocycles. The van der Waals surface area contributed by atoms with Gasteiger partial charge >= 0.3 is 5.97 Å². The maximum Gasteiger partial charge on any atom is 0.354 e. The van der Waals surface area contributed by atoms with Crippen molar-refractivity contribution < 1.29 is 33.7 Å². The monoisotopic (exact) mass is 309 g/mol. The molecular formula is C14H15NO7.